The summed E-state index contributed by atoms with van der Waals surface area (Å²) >= 11 is 0. The number of carbonyl (C=O) groups is 1. The number of benzene rings is 1. The molecule has 0 spiro atoms. The van der Waals surface area contributed by atoms with Gasteiger partial charge in [-0.05, 0) is 43.0 Å². The van der Waals surface area contributed by atoms with Gasteiger partial charge in [-0.15, -0.1) is 0 Å². The monoisotopic (exact) mass is 287 g/mol. The molecule has 1 aromatic rings. The summed E-state index contributed by atoms with van der Waals surface area (Å²) in [5.41, 5.74) is 2.48. The van der Waals surface area contributed by atoms with Crippen molar-refractivity contribution in [2.24, 2.45) is 11.8 Å². The highest BCUT2D eigenvalue weighted by atomic mass is 16.2. The van der Waals surface area contributed by atoms with Crippen molar-refractivity contribution in [2.45, 2.75) is 13.5 Å². The molecular formula is C17H25N3O. The van der Waals surface area contributed by atoms with E-state index in [1.165, 1.54) is 11.1 Å². The molecule has 4 nitrogen and oxygen atoms in total. The van der Waals surface area contributed by atoms with Crippen molar-refractivity contribution in [1.82, 2.24) is 15.1 Å². The van der Waals surface area contributed by atoms with Crippen LogP contribution in [0.25, 0.3) is 0 Å². The van der Waals surface area contributed by atoms with Gasteiger partial charge in [0.2, 0.25) is 5.91 Å². The van der Waals surface area contributed by atoms with Crippen LogP contribution in [0.15, 0.2) is 24.3 Å². The minimum Gasteiger partial charge on any atom is -0.340 e. The third kappa shape index (κ3) is 3.27. The molecule has 0 saturated carbocycles. The number of aryl methyl sites for hydroxylation is 1. The number of nitrogens with zero attached hydrogens (tertiary/aromatic N) is 2. The number of likely N-dealkylation sites (N-methyl/N-ethyl adjacent to an activating group) is 1. The van der Waals surface area contributed by atoms with E-state index in [4.69, 9.17) is 0 Å². The lowest BCUT2D eigenvalue weighted by atomic mass is 10.0. The molecule has 0 bridgehead atoms. The van der Waals surface area contributed by atoms with E-state index in [0.717, 1.165) is 38.0 Å². The van der Waals surface area contributed by atoms with E-state index in [0.29, 0.717) is 13.1 Å². The normalized spacial score (nSPS) is 25.0. The average Bonchev–Trinajstić information content (AvgIpc) is 3.02. The second-order valence-corrected chi connectivity index (χ2v) is 6.55. The van der Waals surface area contributed by atoms with Crippen LogP contribution in [0, 0.1) is 18.8 Å². The van der Waals surface area contributed by atoms with Gasteiger partial charge < -0.3 is 10.2 Å². The number of hydrogen-bond donors (Lipinski definition) is 1. The largest absolute Gasteiger partial charge is 0.340 e. The topological polar surface area (TPSA) is 35.6 Å². The molecule has 0 radical (unpaired) electrons. The summed E-state index contributed by atoms with van der Waals surface area (Å²) in [6.07, 6.45) is 0. The summed E-state index contributed by atoms with van der Waals surface area (Å²) in [7, 11) is 1.91. The second-order valence-electron chi connectivity index (χ2n) is 6.55. The van der Waals surface area contributed by atoms with E-state index in [1.807, 2.05) is 24.1 Å². The Hall–Kier alpha value is -1.39. The molecule has 2 aliphatic heterocycles. The first-order valence-electron chi connectivity index (χ1n) is 7.85. The maximum absolute atomic E-state index is 12.4. The van der Waals surface area contributed by atoms with Crippen LogP contribution >= 0.6 is 0 Å². The molecule has 0 aromatic heterocycles. The van der Waals surface area contributed by atoms with E-state index in [9.17, 15) is 4.79 Å². The van der Waals surface area contributed by atoms with Gasteiger partial charge in [0.25, 0.3) is 0 Å². The Morgan fingerprint density at radius 2 is 1.95 bits per heavy atom. The van der Waals surface area contributed by atoms with E-state index >= 15 is 0 Å². The smallest absolute Gasteiger partial charge is 0.236 e. The SMILES string of the molecule is Cc1ccccc1CN(C)C(=O)CN1CC2CNCC2C1. The molecule has 4 heteroatoms. The lowest BCUT2D eigenvalue weighted by Crippen LogP contribution is -2.38. The zero-order valence-corrected chi connectivity index (χ0v) is 13.0. The third-order valence-corrected chi connectivity index (χ3v) is 4.92. The number of rotatable bonds is 4. The number of nitrogens with one attached hydrogen (secondary N) is 1. The van der Waals surface area contributed by atoms with E-state index in [2.05, 4.69) is 29.3 Å². The first-order chi connectivity index (χ1) is 10.1. The number of fused-ring (bicyclic) bond motifs is 1. The van der Waals surface area contributed by atoms with Crippen molar-refractivity contribution >= 4 is 5.91 Å². The van der Waals surface area contributed by atoms with Crippen molar-refractivity contribution in [3.8, 4) is 0 Å². The highest BCUT2D eigenvalue weighted by Gasteiger charge is 2.36. The van der Waals surface area contributed by atoms with Gasteiger partial charge in [-0.3, -0.25) is 9.69 Å². The molecule has 1 aromatic carbocycles. The summed E-state index contributed by atoms with van der Waals surface area (Å²) in [5, 5.41) is 3.44. The van der Waals surface area contributed by atoms with Crippen LogP contribution in [0.5, 0.6) is 0 Å². The predicted octanol–water partition coefficient (Wildman–Crippen LogP) is 1.10. The van der Waals surface area contributed by atoms with Crippen molar-refractivity contribution < 1.29 is 4.79 Å². The van der Waals surface area contributed by atoms with Gasteiger partial charge >= 0.3 is 0 Å². The van der Waals surface area contributed by atoms with Crippen LogP contribution in [-0.4, -0.2) is 55.5 Å². The minimum atomic E-state index is 0.228. The lowest BCUT2D eigenvalue weighted by molar-refractivity contribution is -0.131. The fourth-order valence-electron chi connectivity index (χ4n) is 3.52. The van der Waals surface area contributed by atoms with Gasteiger partial charge in [0.15, 0.2) is 0 Å². The fraction of sp³-hybridized carbons (Fsp3) is 0.588. The van der Waals surface area contributed by atoms with Gasteiger partial charge in [-0.1, -0.05) is 24.3 Å². The lowest BCUT2D eigenvalue weighted by Gasteiger charge is -2.23. The van der Waals surface area contributed by atoms with Crippen LogP contribution in [0.1, 0.15) is 11.1 Å². The Kier molecular flexibility index (Phi) is 4.27. The molecule has 3 rings (SSSR count). The van der Waals surface area contributed by atoms with Gasteiger partial charge in [0, 0.05) is 26.7 Å². The molecule has 0 aliphatic carbocycles. The van der Waals surface area contributed by atoms with Crippen LogP contribution in [0.2, 0.25) is 0 Å². The standard InChI is InChI=1S/C17H25N3O/c1-13-5-3-4-6-14(13)9-19(2)17(21)12-20-10-15-7-18-8-16(15)11-20/h3-6,15-16,18H,7-12H2,1-2H3. The van der Waals surface area contributed by atoms with Crippen molar-refractivity contribution in [2.75, 3.05) is 39.8 Å². The van der Waals surface area contributed by atoms with Crippen LogP contribution < -0.4 is 5.32 Å². The molecule has 2 fully saturated rings. The molecule has 2 unspecified atom stereocenters. The van der Waals surface area contributed by atoms with Gasteiger partial charge in [-0.25, -0.2) is 0 Å². The van der Waals surface area contributed by atoms with Gasteiger partial charge in [0.1, 0.15) is 0 Å². The zero-order valence-electron chi connectivity index (χ0n) is 13.0. The summed E-state index contributed by atoms with van der Waals surface area (Å²) in [4.78, 5) is 16.6. The zero-order chi connectivity index (χ0) is 14.8. The van der Waals surface area contributed by atoms with Gasteiger partial charge in [0.05, 0.1) is 6.54 Å². The molecule has 2 atom stereocenters. The van der Waals surface area contributed by atoms with Crippen molar-refractivity contribution in [1.29, 1.82) is 0 Å². The molecule has 114 valence electrons. The molecule has 21 heavy (non-hydrogen) atoms. The highest BCUT2D eigenvalue weighted by molar-refractivity contribution is 5.78. The average molecular weight is 287 g/mol. The van der Waals surface area contributed by atoms with Crippen molar-refractivity contribution in [3.63, 3.8) is 0 Å². The quantitative estimate of drug-likeness (QED) is 0.901. The molecule has 1 N–H and O–H groups in total. The summed E-state index contributed by atoms with van der Waals surface area (Å²) in [6.45, 7) is 7.75. The highest BCUT2D eigenvalue weighted by Crippen LogP contribution is 2.26. The molecule has 1 amide bonds. The Balaban J connectivity index is 1.52. The number of likely N-dealkylation sites (tertiary alicyclic amines) is 1. The van der Waals surface area contributed by atoms with Crippen LogP contribution in [0.3, 0.4) is 0 Å². The molecule has 2 saturated heterocycles. The van der Waals surface area contributed by atoms with E-state index < -0.39 is 0 Å². The first kappa shape index (κ1) is 14.5. The fourth-order valence-corrected chi connectivity index (χ4v) is 3.52. The molecule has 2 heterocycles. The van der Waals surface area contributed by atoms with Crippen LogP contribution in [0.4, 0.5) is 0 Å². The number of carbonyl (C=O) groups excluding carboxylic acids is 1. The van der Waals surface area contributed by atoms with Gasteiger partial charge in [-0.2, -0.15) is 0 Å². The summed E-state index contributed by atoms with van der Waals surface area (Å²) in [5.74, 6) is 1.73. The van der Waals surface area contributed by atoms with E-state index in [-0.39, 0.29) is 5.91 Å². The third-order valence-electron chi connectivity index (χ3n) is 4.92. The summed E-state index contributed by atoms with van der Waals surface area (Å²) < 4.78 is 0. The summed E-state index contributed by atoms with van der Waals surface area (Å²) in [6, 6.07) is 8.28. The predicted molar refractivity (Wildman–Crippen MR) is 83.9 cm³/mol. The van der Waals surface area contributed by atoms with E-state index in [1.54, 1.807) is 0 Å². The maximum Gasteiger partial charge on any atom is 0.236 e. The Bertz CT molecular complexity index is 505. The maximum atomic E-state index is 12.4. The Morgan fingerprint density at radius 3 is 2.62 bits per heavy atom. The first-order valence-corrected chi connectivity index (χ1v) is 7.85. The van der Waals surface area contributed by atoms with Crippen molar-refractivity contribution in [3.05, 3.63) is 35.4 Å². The number of hydrogen-bond acceptors (Lipinski definition) is 3. The minimum absolute atomic E-state index is 0.228. The Morgan fingerprint density at radius 1 is 1.29 bits per heavy atom. The molecule has 2 aliphatic rings. The van der Waals surface area contributed by atoms with Crippen LogP contribution in [-0.2, 0) is 11.3 Å². The molecular weight excluding hydrogens is 262 g/mol. The Labute approximate surface area is 127 Å². The number of amides is 1. The second kappa shape index (κ2) is 6.16.